The molecular weight excluding hydrogens is 314 g/mol. The lowest BCUT2D eigenvalue weighted by Gasteiger charge is -2.28. The van der Waals surface area contributed by atoms with Crippen molar-refractivity contribution >= 4 is 5.91 Å². The highest BCUT2D eigenvalue weighted by atomic mass is 16.2. The SMILES string of the molecule is O=C(CN1CCC[C@H]1Cn1cncn1)N[C@H]1CCCc2ccccc21. The lowest BCUT2D eigenvalue weighted by molar-refractivity contribution is -0.123. The third kappa shape index (κ3) is 3.74. The number of likely N-dealkylation sites (tertiary alicyclic amines) is 1. The fourth-order valence-electron chi connectivity index (χ4n) is 4.18. The fourth-order valence-corrected chi connectivity index (χ4v) is 4.18. The van der Waals surface area contributed by atoms with Gasteiger partial charge in [-0.3, -0.25) is 14.4 Å². The first-order chi connectivity index (χ1) is 12.3. The molecule has 25 heavy (non-hydrogen) atoms. The lowest BCUT2D eigenvalue weighted by atomic mass is 9.88. The Hall–Kier alpha value is -2.21. The number of rotatable bonds is 5. The molecule has 0 bridgehead atoms. The van der Waals surface area contributed by atoms with Crippen molar-refractivity contribution in [3.63, 3.8) is 0 Å². The Morgan fingerprint density at radius 1 is 1.24 bits per heavy atom. The highest BCUT2D eigenvalue weighted by molar-refractivity contribution is 5.78. The van der Waals surface area contributed by atoms with E-state index in [9.17, 15) is 4.79 Å². The van der Waals surface area contributed by atoms with Crippen LogP contribution in [0, 0.1) is 0 Å². The van der Waals surface area contributed by atoms with Crippen molar-refractivity contribution in [1.29, 1.82) is 0 Å². The van der Waals surface area contributed by atoms with E-state index < -0.39 is 0 Å². The highest BCUT2D eigenvalue weighted by Gasteiger charge is 2.28. The van der Waals surface area contributed by atoms with Crippen LogP contribution in [0.5, 0.6) is 0 Å². The maximum atomic E-state index is 12.6. The predicted octanol–water partition coefficient (Wildman–Crippen LogP) is 1.94. The minimum absolute atomic E-state index is 0.132. The summed E-state index contributed by atoms with van der Waals surface area (Å²) in [5, 5.41) is 7.46. The summed E-state index contributed by atoms with van der Waals surface area (Å²) in [6, 6.07) is 9.02. The second kappa shape index (κ2) is 7.35. The van der Waals surface area contributed by atoms with E-state index in [0.29, 0.717) is 12.6 Å². The number of aryl methyl sites for hydroxylation is 1. The first-order valence-corrected chi connectivity index (χ1v) is 9.23. The molecule has 2 heterocycles. The van der Waals surface area contributed by atoms with E-state index in [1.54, 1.807) is 12.7 Å². The summed E-state index contributed by atoms with van der Waals surface area (Å²) >= 11 is 0. The molecule has 1 N–H and O–H groups in total. The first kappa shape index (κ1) is 16.3. The van der Waals surface area contributed by atoms with Gasteiger partial charge in [0.15, 0.2) is 0 Å². The van der Waals surface area contributed by atoms with Gasteiger partial charge in [0, 0.05) is 6.04 Å². The zero-order chi connectivity index (χ0) is 17.1. The van der Waals surface area contributed by atoms with Crippen molar-refractivity contribution in [2.75, 3.05) is 13.1 Å². The van der Waals surface area contributed by atoms with Gasteiger partial charge in [-0.1, -0.05) is 24.3 Å². The van der Waals surface area contributed by atoms with Gasteiger partial charge >= 0.3 is 0 Å². The molecule has 2 atom stereocenters. The molecule has 4 rings (SSSR count). The third-order valence-electron chi connectivity index (χ3n) is 5.41. The summed E-state index contributed by atoms with van der Waals surface area (Å²) in [7, 11) is 0. The average Bonchev–Trinajstić information content (AvgIpc) is 3.28. The van der Waals surface area contributed by atoms with Crippen molar-refractivity contribution in [1.82, 2.24) is 25.0 Å². The molecule has 1 aromatic carbocycles. The summed E-state index contributed by atoms with van der Waals surface area (Å²) < 4.78 is 1.86. The van der Waals surface area contributed by atoms with E-state index in [1.807, 2.05) is 4.68 Å². The molecule has 6 nitrogen and oxygen atoms in total. The van der Waals surface area contributed by atoms with Gasteiger partial charge in [-0.25, -0.2) is 4.98 Å². The van der Waals surface area contributed by atoms with Crippen molar-refractivity contribution in [3.05, 3.63) is 48.0 Å². The number of fused-ring (bicyclic) bond motifs is 1. The van der Waals surface area contributed by atoms with Crippen LogP contribution in [0.4, 0.5) is 0 Å². The van der Waals surface area contributed by atoms with Crippen LogP contribution in [0.15, 0.2) is 36.9 Å². The molecule has 2 aliphatic rings. The second-order valence-electron chi connectivity index (χ2n) is 7.10. The highest BCUT2D eigenvalue weighted by Crippen LogP contribution is 2.29. The number of carbonyl (C=O) groups is 1. The molecule has 1 saturated heterocycles. The van der Waals surface area contributed by atoms with E-state index in [2.05, 4.69) is 44.6 Å². The fraction of sp³-hybridized carbons (Fsp3) is 0.526. The summed E-state index contributed by atoms with van der Waals surface area (Å²) in [4.78, 5) is 18.9. The predicted molar refractivity (Wildman–Crippen MR) is 94.9 cm³/mol. The molecule has 0 unspecified atom stereocenters. The Bertz CT molecular complexity index is 714. The van der Waals surface area contributed by atoms with Gasteiger partial charge in [-0.05, 0) is 49.8 Å². The zero-order valence-corrected chi connectivity index (χ0v) is 14.5. The Morgan fingerprint density at radius 2 is 2.16 bits per heavy atom. The maximum Gasteiger partial charge on any atom is 0.234 e. The second-order valence-corrected chi connectivity index (χ2v) is 7.10. The molecule has 1 aromatic heterocycles. The van der Waals surface area contributed by atoms with Crippen LogP contribution in [0.25, 0.3) is 0 Å². The number of nitrogens with one attached hydrogen (secondary N) is 1. The van der Waals surface area contributed by atoms with Crippen LogP contribution in [0.2, 0.25) is 0 Å². The molecule has 1 amide bonds. The van der Waals surface area contributed by atoms with Crippen molar-refractivity contribution in [2.24, 2.45) is 0 Å². The number of aromatic nitrogens is 3. The van der Waals surface area contributed by atoms with Crippen LogP contribution in [-0.2, 0) is 17.8 Å². The molecular formula is C19H25N5O. The number of hydrogen-bond donors (Lipinski definition) is 1. The van der Waals surface area contributed by atoms with Gasteiger partial charge in [0.1, 0.15) is 12.7 Å². The van der Waals surface area contributed by atoms with Crippen molar-refractivity contribution in [3.8, 4) is 0 Å². The minimum Gasteiger partial charge on any atom is -0.348 e. The molecule has 6 heteroatoms. The van der Waals surface area contributed by atoms with Crippen molar-refractivity contribution < 1.29 is 4.79 Å². The monoisotopic (exact) mass is 339 g/mol. The molecule has 1 fully saturated rings. The molecule has 0 radical (unpaired) electrons. The summed E-state index contributed by atoms with van der Waals surface area (Å²) in [6.45, 7) is 2.26. The Balaban J connectivity index is 1.36. The number of hydrogen-bond acceptors (Lipinski definition) is 4. The summed E-state index contributed by atoms with van der Waals surface area (Å²) in [5.41, 5.74) is 2.67. The Kier molecular flexibility index (Phi) is 4.78. The van der Waals surface area contributed by atoms with Gasteiger partial charge in [0.05, 0.1) is 19.1 Å². The molecule has 1 aliphatic heterocycles. The van der Waals surface area contributed by atoms with Gasteiger partial charge < -0.3 is 5.32 Å². The van der Waals surface area contributed by atoms with E-state index in [1.165, 1.54) is 11.1 Å². The summed E-state index contributed by atoms with van der Waals surface area (Å²) in [6.07, 6.45) is 8.85. The molecule has 1 aliphatic carbocycles. The number of nitrogens with zero attached hydrogens (tertiary/aromatic N) is 4. The van der Waals surface area contributed by atoms with Crippen LogP contribution in [0.3, 0.4) is 0 Å². The van der Waals surface area contributed by atoms with Crippen LogP contribution >= 0.6 is 0 Å². The van der Waals surface area contributed by atoms with E-state index in [4.69, 9.17) is 0 Å². The molecule has 132 valence electrons. The standard InChI is InChI=1S/C19H25N5O/c25-19(22-18-9-3-6-15-5-1-2-8-17(15)18)12-23-10-4-7-16(23)11-24-14-20-13-21-24/h1-2,5,8,13-14,16,18H,3-4,6-7,9-12H2,(H,22,25)/t16-,18-/m0/s1. The third-order valence-corrected chi connectivity index (χ3v) is 5.41. The largest absolute Gasteiger partial charge is 0.348 e. The number of carbonyl (C=O) groups excluding carboxylic acids is 1. The van der Waals surface area contributed by atoms with E-state index >= 15 is 0 Å². The van der Waals surface area contributed by atoms with Crippen LogP contribution < -0.4 is 5.32 Å². The van der Waals surface area contributed by atoms with Gasteiger partial charge in [0.25, 0.3) is 0 Å². The van der Waals surface area contributed by atoms with Crippen molar-refractivity contribution in [2.45, 2.75) is 50.7 Å². The zero-order valence-electron chi connectivity index (χ0n) is 14.5. The Morgan fingerprint density at radius 3 is 3.04 bits per heavy atom. The first-order valence-electron chi connectivity index (χ1n) is 9.23. The van der Waals surface area contributed by atoms with Crippen LogP contribution in [0.1, 0.15) is 42.9 Å². The normalized spacial score (nSPS) is 23.4. The van der Waals surface area contributed by atoms with Gasteiger partial charge in [0.2, 0.25) is 5.91 Å². The average molecular weight is 339 g/mol. The maximum absolute atomic E-state index is 12.6. The molecule has 0 spiro atoms. The van der Waals surface area contributed by atoms with Gasteiger partial charge in [-0.2, -0.15) is 5.10 Å². The number of benzene rings is 1. The van der Waals surface area contributed by atoms with E-state index in [0.717, 1.165) is 45.2 Å². The van der Waals surface area contributed by atoms with Gasteiger partial charge in [-0.15, -0.1) is 0 Å². The quantitative estimate of drug-likeness (QED) is 0.904. The smallest absolute Gasteiger partial charge is 0.234 e. The minimum atomic E-state index is 0.132. The molecule has 0 saturated carbocycles. The lowest BCUT2D eigenvalue weighted by Crippen LogP contribution is -2.42. The van der Waals surface area contributed by atoms with E-state index in [-0.39, 0.29) is 11.9 Å². The molecule has 2 aromatic rings. The van der Waals surface area contributed by atoms with Crippen LogP contribution in [-0.4, -0.2) is 44.7 Å². The topological polar surface area (TPSA) is 63.1 Å². The summed E-state index contributed by atoms with van der Waals surface area (Å²) in [5.74, 6) is 0.132. The number of amides is 1. The Labute approximate surface area is 148 Å².